The second-order valence-electron chi connectivity index (χ2n) is 4.80. The zero-order valence-electron chi connectivity index (χ0n) is 11.5. The van der Waals surface area contributed by atoms with Gasteiger partial charge in [-0.15, -0.1) is 0 Å². The molecule has 7 nitrogen and oxygen atoms in total. The molecule has 0 atom stereocenters. The van der Waals surface area contributed by atoms with Crippen LogP contribution in [0.15, 0.2) is 27.8 Å². The van der Waals surface area contributed by atoms with E-state index in [1.807, 2.05) is 6.07 Å². The van der Waals surface area contributed by atoms with Gasteiger partial charge in [-0.25, -0.2) is 8.42 Å². The highest BCUT2D eigenvalue weighted by Gasteiger charge is 2.24. The third-order valence-electron chi connectivity index (χ3n) is 3.40. The molecule has 1 aromatic rings. The van der Waals surface area contributed by atoms with Gasteiger partial charge in [0.2, 0.25) is 10.0 Å². The van der Waals surface area contributed by atoms with Crippen molar-refractivity contribution in [3.63, 3.8) is 0 Å². The molecule has 2 rings (SSSR count). The summed E-state index contributed by atoms with van der Waals surface area (Å²) in [5, 5.41) is 11.6. The van der Waals surface area contributed by atoms with Crippen LogP contribution in [0.25, 0.3) is 0 Å². The van der Waals surface area contributed by atoms with Gasteiger partial charge in [0.1, 0.15) is 0 Å². The lowest BCUT2D eigenvalue weighted by atomic mass is 10.1. The van der Waals surface area contributed by atoms with Gasteiger partial charge in [0.15, 0.2) is 5.84 Å². The summed E-state index contributed by atoms with van der Waals surface area (Å²) in [6.07, 6.45) is 1.23. The molecule has 3 N–H and O–H groups in total. The lowest BCUT2D eigenvalue weighted by Gasteiger charge is -2.35. The molecule has 1 heterocycles. The van der Waals surface area contributed by atoms with E-state index in [0.29, 0.717) is 31.7 Å². The van der Waals surface area contributed by atoms with Crippen LogP contribution in [0.4, 0.5) is 5.69 Å². The third-order valence-corrected chi connectivity index (χ3v) is 5.34. The number of nitrogens with two attached hydrogens (primary N) is 1. The molecule has 0 aliphatic carbocycles. The Morgan fingerprint density at radius 1 is 1.33 bits per heavy atom. The van der Waals surface area contributed by atoms with Crippen LogP contribution in [0.3, 0.4) is 0 Å². The average Bonchev–Trinajstić information content (AvgIpc) is 2.45. The Bertz CT molecular complexity index is 654. The smallest absolute Gasteiger partial charge is 0.211 e. The van der Waals surface area contributed by atoms with E-state index >= 15 is 0 Å². The monoisotopic (exact) mass is 376 g/mol. The predicted molar refractivity (Wildman–Crippen MR) is 85.3 cm³/mol. The highest BCUT2D eigenvalue weighted by molar-refractivity contribution is 9.10. The van der Waals surface area contributed by atoms with Crippen LogP contribution in [0.1, 0.15) is 5.56 Å². The van der Waals surface area contributed by atoms with Gasteiger partial charge < -0.3 is 15.8 Å². The van der Waals surface area contributed by atoms with Crippen LogP contribution in [0.5, 0.6) is 0 Å². The number of anilines is 1. The molecule has 9 heteroatoms. The first-order valence-electron chi connectivity index (χ1n) is 6.30. The molecular weight excluding hydrogens is 360 g/mol. The van der Waals surface area contributed by atoms with Crippen LogP contribution in [-0.4, -0.2) is 56.2 Å². The quantitative estimate of drug-likeness (QED) is 0.348. The Morgan fingerprint density at radius 2 is 1.95 bits per heavy atom. The topological polar surface area (TPSA) is 99.2 Å². The van der Waals surface area contributed by atoms with E-state index in [-0.39, 0.29) is 5.84 Å². The SMILES string of the molecule is CS(=O)(=O)N1CCN(c2ccc(/C(N)=N/O)cc2Br)CC1. The zero-order chi connectivity index (χ0) is 15.6. The summed E-state index contributed by atoms with van der Waals surface area (Å²) in [4.78, 5) is 2.10. The van der Waals surface area contributed by atoms with Crippen molar-refractivity contribution in [1.29, 1.82) is 0 Å². The lowest BCUT2D eigenvalue weighted by Crippen LogP contribution is -2.48. The minimum atomic E-state index is -3.13. The molecule has 0 saturated carbocycles. The highest BCUT2D eigenvalue weighted by atomic mass is 79.9. The summed E-state index contributed by atoms with van der Waals surface area (Å²) >= 11 is 3.47. The first-order valence-corrected chi connectivity index (χ1v) is 8.94. The maximum Gasteiger partial charge on any atom is 0.211 e. The molecule has 0 amide bonds. The van der Waals surface area contributed by atoms with Crippen LogP contribution in [0, 0.1) is 0 Å². The molecule has 1 fully saturated rings. The van der Waals surface area contributed by atoms with Crippen LogP contribution in [-0.2, 0) is 10.0 Å². The van der Waals surface area contributed by atoms with Crippen molar-refractivity contribution in [1.82, 2.24) is 4.31 Å². The zero-order valence-corrected chi connectivity index (χ0v) is 13.9. The van der Waals surface area contributed by atoms with E-state index in [9.17, 15) is 8.42 Å². The standard InChI is InChI=1S/C12H17BrN4O3S/c1-21(19,20)17-6-4-16(5-7-17)11-3-2-9(8-10(11)13)12(14)15-18/h2-3,8,18H,4-7H2,1H3,(H2,14,15). The maximum atomic E-state index is 11.5. The van der Waals surface area contributed by atoms with Crippen molar-refractivity contribution in [2.24, 2.45) is 10.9 Å². The molecule has 1 aromatic carbocycles. The molecule has 0 bridgehead atoms. The molecule has 0 radical (unpaired) electrons. The first-order chi connectivity index (χ1) is 9.82. The fourth-order valence-electron chi connectivity index (χ4n) is 2.24. The average molecular weight is 377 g/mol. The number of hydrogen-bond donors (Lipinski definition) is 2. The van der Waals surface area contributed by atoms with E-state index in [1.165, 1.54) is 10.6 Å². The van der Waals surface area contributed by atoms with Crippen LogP contribution < -0.4 is 10.6 Å². The van der Waals surface area contributed by atoms with Gasteiger partial charge in [-0.3, -0.25) is 0 Å². The number of sulfonamides is 1. The van der Waals surface area contributed by atoms with Crippen molar-refractivity contribution in [3.05, 3.63) is 28.2 Å². The second-order valence-corrected chi connectivity index (χ2v) is 7.64. The van der Waals surface area contributed by atoms with E-state index in [2.05, 4.69) is 26.0 Å². The Hall–Kier alpha value is -1.32. The Morgan fingerprint density at radius 3 is 2.43 bits per heavy atom. The van der Waals surface area contributed by atoms with E-state index < -0.39 is 10.0 Å². The molecule has 116 valence electrons. The summed E-state index contributed by atoms with van der Waals surface area (Å²) < 4.78 is 25.3. The molecular formula is C12H17BrN4O3S. The van der Waals surface area contributed by atoms with E-state index in [0.717, 1.165) is 10.2 Å². The van der Waals surface area contributed by atoms with Crippen molar-refractivity contribution in [3.8, 4) is 0 Å². The summed E-state index contributed by atoms with van der Waals surface area (Å²) in [6, 6.07) is 5.40. The minimum absolute atomic E-state index is 0.0455. The molecule has 21 heavy (non-hydrogen) atoms. The molecule has 1 aliphatic heterocycles. The predicted octanol–water partition coefficient (Wildman–Crippen LogP) is 0.625. The molecule has 0 unspecified atom stereocenters. The number of hydrogen-bond acceptors (Lipinski definition) is 5. The largest absolute Gasteiger partial charge is 0.409 e. The number of benzene rings is 1. The fraction of sp³-hybridized carbons (Fsp3) is 0.417. The van der Waals surface area contributed by atoms with Gasteiger partial charge in [-0.1, -0.05) is 5.16 Å². The van der Waals surface area contributed by atoms with Crippen LogP contribution >= 0.6 is 15.9 Å². The number of amidine groups is 1. The summed E-state index contributed by atoms with van der Waals surface area (Å²) in [7, 11) is -3.13. The number of piperazine rings is 1. The van der Waals surface area contributed by atoms with Gasteiger partial charge in [0.05, 0.1) is 11.9 Å². The summed E-state index contributed by atoms with van der Waals surface area (Å²) in [5.74, 6) is 0.0455. The molecule has 0 spiro atoms. The number of halogens is 1. The highest BCUT2D eigenvalue weighted by Crippen LogP contribution is 2.28. The van der Waals surface area contributed by atoms with E-state index in [4.69, 9.17) is 10.9 Å². The van der Waals surface area contributed by atoms with Gasteiger partial charge in [0.25, 0.3) is 0 Å². The van der Waals surface area contributed by atoms with Gasteiger partial charge >= 0.3 is 0 Å². The third kappa shape index (κ3) is 3.66. The molecule has 0 aromatic heterocycles. The van der Waals surface area contributed by atoms with Gasteiger partial charge in [-0.05, 0) is 34.1 Å². The van der Waals surface area contributed by atoms with Gasteiger partial charge in [0, 0.05) is 36.2 Å². The number of rotatable bonds is 3. The minimum Gasteiger partial charge on any atom is -0.409 e. The normalized spacial score (nSPS) is 18.0. The van der Waals surface area contributed by atoms with Crippen molar-refractivity contribution in [2.45, 2.75) is 0 Å². The van der Waals surface area contributed by atoms with Gasteiger partial charge in [-0.2, -0.15) is 4.31 Å². The van der Waals surface area contributed by atoms with Crippen LogP contribution in [0.2, 0.25) is 0 Å². The fourth-order valence-corrected chi connectivity index (χ4v) is 3.70. The first kappa shape index (κ1) is 16.1. The van der Waals surface area contributed by atoms with Crippen molar-refractivity contribution >= 4 is 37.5 Å². The molecule has 1 aliphatic rings. The van der Waals surface area contributed by atoms with Crippen molar-refractivity contribution in [2.75, 3.05) is 37.3 Å². The second kappa shape index (κ2) is 6.20. The number of nitrogens with zero attached hydrogens (tertiary/aromatic N) is 3. The molecule has 1 saturated heterocycles. The Labute approximate surface area is 132 Å². The Kier molecular flexibility index (Phi) is 4.74. The van der Waals surface area contributed by atoms with Crippen molar-refractivity contribution < 1.29 is 13.6 Å². The summed E-state index contributed by atoms with van der Waals surface area (Å²) in [5.41, 5.74) is 7.12. The maximum absolute atomic E-state index is 11.5. The Balaban J connectivity index is 2.14. The number of oxime groups is 1. The lowest BCUT2D eigenvalue weighted by molar-refractivity contribution is 0.318. The summed E-state index contributed by atoms with van der Waals surface area (Å²) in [6.45, 7) is 2.17. The van der Waals surface area contributed by atoms with E-state index in [1.54, 1.807) is 12.1 Å².